The number of carboxylic acid groups (broad SMARTS) is 1. The monoisotopic (exact) mass is 289 g/mol. The lowest BCUT2D eigenvalue weighted by molar-refractivity contribution is -0.141. The normalized spacial score (nSPS) is 19.0. The van der Waals surface area contributed by atoms with E-state index in [2.05, 4.69) is 10.00 Å². The Hall–Kier alpha value is -2.21. The topological polar surface area (TPSA) is 58.4 Å². The third-order valence-electron chi connectivity index (χ3n) is 3.74. The minimum Gasteiger partial charge on any atom is -0.481 e. The third kappa shape index (κ3) is 3.11. The highest BCUT2D eigenvalue weighted by Crippen LogP contribution is 2.18. The van der Waals surface area contributed by atoms with Gasteiger partial charge in [0.1, 0.15) is 5.82 Å². The van der Waals surface area contributed by atoms with Crippen molar-refractivity contribution in [3.63, 3.8) is 0 Å². The van der Waals surface area contributed by atoms with E-state index in [4.69, 9.17) is 5.11 Å². The highest BCUT2D eigenvalue weighted by atomic mass is 19.1. The molecule has 21 heavy (non-hydrogen) atoms. The maximum Gasteiger partial charge on any atom is 0.307 e. The van der Waals surface area contributed by atoms with Crippen LogP contribution in [0.2, 0.25) is 0 Å². The largest absolute Gasteiger partial charge is 0.481 e. The molecule has 1 aliphatic heterocycles. The van der Waals surface area contributed by atoms with Crippen molar-refractivity contribution in [1.29, 1.82) is 0 Å². The van der Waals surface area contributed by atoms with Crippen molar-refractivity contribution in [3.05, 3.63) is 48.0 Å². The number of nitrogens with zero attached hydrogens (tertiary/aromatic N) is 3. The van der Waals surface area contributed by atoms with E-state index in [0.717, 1.165) is 17.9 Å². The Kier molecular flexibility index (Phi) is 3.70. The number of benzene rings is 1. The Morgan fingerprint density at radius 1 is 1.33 bits per heavy atom. The number of halogens is 1. The first-order chi connectivity index (χ1) is 10.1. The van der Waals surface area contributed by atoms with Crippen LogP contribution in [0.3, 0.4) is 0 Å². The quantitative estimate of drug-likeness (QED) is 0.934. The van der Waals surface area contributed by atoms with Crippen LogP contribution in [0.5, 0.6) is 0 Å². The molecule has 2 aromatic rings. The van der Waals surface area contributed by atoms with Gasteiger partial charge in [0.25, 0.3) is 0 Å². The summed E-state index contributed by atoms with van der Waals surface area (Å²) in [4.78, 5) is 13.0. The van der Waals surface area contributed by atoms with E-state index in [0.29, 0.717) is 19.5 Å². The summed E-state index contributed by atoms with van der Waals surface area (Å²) in [6.45, 7) is 1.98. The summed E-state index contributed by atoms with van der Waals surface area (Å²) in [5.74, 6) is -1.28. The summed E-state index contributed by atoms with van der Waals surface area (Å²) in [7, 11) is 0. The van der Waals surface area contributed by atoms with Crippen LogP contribution >= 0.6 is 0 Å². The highest BCUT2D eigenvalue weighted by Gasteiger charge is 2.28. The van der Waals surface area contributed by atoms with Crippen LogP contribution in [0.15, 0.2) is 36.5 Å². The van der Waals surface area contributed by atoms with Gasteiger partial charge in [-0.3, -0.25) is 9.69 Å². The van der Waals surface area contributed by atoms with Gasteiger partial charge < -0.3 is 5.11 Å². The van der Waals surface area contributed by atoms with E-state index in [1.807, 2.05) is 12.3 Å². The van der Waals surface area contributed by atoms with Crippen LogP contribution in [-0.4, -0.2) is 38.8 Å². The van der Waals surface area contributed by atoms with Gasteiger partial charge in [0.2, 0.25) is 0 Å². The van der Waals surface area contributed by atoms with Gasteiger partial charge in [0.15, 0.2) is 0 Å². The van der Waals surface area contributed by atoms with E-state index in [1.54, 1.807) is 16.8 Å². The number of carbonyl (C=O) groups is 1. The molecule has 0 amide bonds. The molecule has 1 saturated heterocycles. The van der Waals surface area contributed by atoms with Gasteiger partial charge in [-0.1, -0.05) is 0 Å². The van der Waals surface area contributed by atoms with Gasteiger partial charge in [-0.05, 0) is 43.3 Å². The predicted octanol–water partition coefficient (Wildman–Crippen LogP) is 1.92. The zero-order valence-electron chi connectivity index (χ0n) is 11.4. The van der Waals surface area contributed by atoms with E-state index in [9.17, 15) is 9.18 Å². The molecule has 0 saturated carbocycles. The third-order valence-corrected chi connectivity index (χ3v) is 3.74. The smallest absolute Gasteiger partial charge is 0.307 e. The summed E-state index contributed by atoms with van der Waals surface area (Å²) in [5.41, 5.74) is 1.68. The number of aliphatic carboxylic acids is 1. The van der Waals surface area contributed by atoms with Crippen molar-refractivity contribution in [2.24, 2.45) is 5.92 Å². The van der Waals surface area contributed by atoms with E-state index < -0.39 is 5.97 Å². The summed E-state index contributed by atoms with van der Waals surface area (Å²) in [6.07, 6.45) is 2.52. The number of carboxylic acids is 1. The molecule has 1 aromatic heterocycles. The van der Waals surface area contributed by atoms with Gasteiger partial charge in [0.05, 0.1) is 17.3 Å². The Labute approximate surface area is 121 Å². The van der Waals surface area contributed by atoms with Crippen LogP contribution in [0.1, 0.15) is 12.1 Å². The first kappa shape index (κ1) is 13.8. The minimum absolute atomic E-state index is 0.274. The molecule has 0 spiro atoms. The number of rotatable bonds is 4. The lowest BCUT2D eigenvalue weighted by Gasteiger charge is -2.12. The Bertz CT molecular complexity index is 639. The molecule has 6 heteroatoms. The van der Waals surface area contributed by atoms with Crippen molar-refractivity contribution >= 4 is 5.97 Å². The van der Waals surface area contributed by atoms with Gasteiger partial charge in [-0.2, -0.15) is 5.10 Å². The maximum atomic E-state index is 12.9. The van der Waals surface area contributed by atoms with Crippen LogP contribution in [0.25, 0.3) is 5.69 Å². The number of likely N-dealkylation sites (tertiary alicyclic amines) is 1. The molecular weight excluding hydrogens is 273 g/mol. The second kappa shape index (κ2) is 5.65. The molecule has 2 heterocycles. The molecule has 5 nitrogen and oxygen atoms in total. The van der Waals surface area contributed by atoms with Gasteiger partial charge in [-0.15, -0.1) is 0 Å². The first-order valence-electron chi connectivity index (χ1n) is 6.87. The zero-order valence-corrected chi connectivity index (χ0v) is 11.4. The summed E-state index contributed by atoms with van der Waals surface area (Å²) in [6, 6.07) is 8.03. The molecule has 0 radical (unpaired) electrons. The molecule has 1 N–H and O–H groups in total. The summed E-state index contributed by atoms with van der Waals surface area (Å²) >= 11 is 0. The average Bonchev–Trinajstić information content (AvgIpc) is 3.10. The molecule has 1 aliphatic rings. The van der Waals surface area contributed by atoms with E-state index in [-0.39, 0.29) is 11.7 Å². The maximum absolute atomic E-state index is 12.9. The fourth-order valence-corrected chi connectivity index (χ4v) is 2.59. The standard InChI is InChI=1S/C15H16FN3O2/c16-12-1-3-14(4-2-12)19-8-6-13(17-19)10-18-7-5-11(9-18)15(20)21/h1-4,6,8,11H,5,7,9-10H2,(H,20,21). The Balaban J connectivity index is 1.66. The van der Waals surface area contributed by atoms with Crippen LogP contribution in [-0.2, 0) is 11.3 Å². The van der Waals surface area contributed by atoms with Crippen LogP contribution < -0.4 is 0 Å². The molecule has 1 unspecified atom stereocenters. The second-order valence-electron chi connectivity index (χ2n) is 5.29. The lowest BCUT2D eigenvalue weighted by atomic mass is 10.1. The first-order valence-corrected chi connectivity index (χ1v) is 6.87. The molecule has 110 valence electrons. The van der Waals surface area contributed by atoms with Gasteiger partial charge in [-0.25, -0.2) is 9.07 Å². The molecule has 1 atom stereocenters. The highest BCUT2D eigenvalue weighted by molar-refractivity contribution is 5.70. The summed E-state index contributed by atoms with van der Waals surface area (Å²) in [5, 5.41) is 13.4. The minimum atomic E-state index is -0.727. The Morgan fingerprint density at radius 2 is 2.10 bits per heavy atom. The second-order valence-corrected chi connectivity index (χ2v) is 5.29. The fraction of sp³-hybridized carbons (Fsp3) is 0.333. The molecular formula is C15H16FN3O2. The molecule has 0 bridgehead atoms. The van der Waals surface area contributed by atoms with Crippen molar-refractivity contribution in [3.8, 4) is 5.69 Å². The molecule has 1 fully saturated rings. The number of hydrogen-bond donors (Lipinski definition) is 1. The van der Waals surface area contributed by atoms with Gasteiger partial charge >= 0.3 is 5.97 Å². The van der Waals surface area contributed by atoms with Crippen LogP contribution in [0.4, 0.5) is 4.39 Å². The number of hydrogen-bond acceptors (Lipinski definition) is 3. The SMILES string of the molecule is O=C(O)C1CCN(Cc2ccn(-c3ccc(F)cc3)n2)C1. The zero-order chi connectivity index (χ0) is 14.8. The number of aromatic nitrogens is 2. The lowest BCUT2D eigenvalue weighted by Crippen LogP contribution is -2.23. The average molecular weight is 289 g/mol. The molecule has 3 rings (SSSR count). The fourth-order valence-electron chi connectivity index (χ4n) is 2.59. The van der Waals surface area contributed by atoms with Crippen LogP contribution in [0, 0.1) is 11.7 Å². The van der Waals surface area contributed by atoms with Gasteiger partial charge in [0, 0.05) is 19.3 Å². The Morgan fingerprint density at radius 3 is 2.76 bits per heavy atom. The van der Waals surface area contributed by atoms with E-state index in [1.165, 1.54) is 12.1 Å². The summed E-state index contributed by atoms with van der Waals surface area (Å²) < 4.78 is 14.6. The van der Waals surface area contributed by atoms with Crippen molar-refractivity contribution in [1.82, 2.24) is 14.7 Å². The van der Waals surface area contributed by atoms with Crippen molar-refractivity contribution in [2.45, 2.75) is 13.0 Å². The predicted molar refractivity (Wildman–Crippen MR) is 74.5 cm³/mol. The van der Waals surface area contributed by atoms with Crippen molar-refractivity contribution in [2.75, 3.05) is 13.1 Å². The molecule has 1 aromatic carbocycles. The molecule has 0 aliphatic carbocycles. The van der Waals surface area contributed by atoms with Crippen molar-refractivity contribution < 1.29 is 14.3 Å². The van der Waals surface area contributed by atoms with E-state index >= 15 is 0 Å².